The normalized spacial score (nSPS) is 11.6. The average molecular weight is 587 g/mol. The maximum absolute atomic E-state index is 11.6. The first-order valence-electron chi connectivity index (χ1n) is 11.3. The third-order valence-electron chi connectivity index (χ3n) is 5.41. The molecule has 8 nitrogen and oxygen atoms in total. The van der Waals surface area contributed by atoms with Crippen molar-refractivity contribution < 1.29 is 24.4 Å². The van der Waals surface area contributed by atoms with Gasteiger partial charge in [0.1, 0.15) is 6.54 Å². The van der Waals surface area contributed by atoms with Crippen LogP contribution < -0.4 is 14.8 Å². The number of nitrogens with zero attached hydrogens (tertiary/aromatic N) is 3. The summed E-state index contributed by atoms with van der Waals surface area (Å²) >= 11 is 24.8. The molecule has 37 heavy (non-hydrogen) atoms. The van der Waals surface area contributed by atoms with Gasteiger partial charge in [-0.25, -0.2) is 13.9 Å². The minimum Gasteiger partial charge on any atom is -0.480 e. The van der Waals surface area contributed by atoms with Gasteiger partial charge >= 0.3 is 11.9 Å². The van der Waals surface area contributed by atoms with E-state index in [-0.39, 0.29) is 18.1 Å². The van der Waals surface area contributed by atoms with E-state index < -0.39 is 11.9 Å². The zero-order valence-electron chi connectivity index (χ0n) is 20.0. The van der Waals surface area contributed by atoms with E-state index >= 15 is 0 Å². The summed E-state index contributed by atoms with van der Waals surface area (Å²) in [6, 6.07) is 6.59. The third-order valence-corrected chi connectivity index (χ3v) is 6.85. The van der Waals surface area contributed by atoms with E-state index in [9.17, 15) is 19.8 Å². The molecule has 3 rings (SSSR count). The van der Waals surface area contributed by atoms with E-state index in [1.807, 2.05) is 18.4 Å². The van der Waals surface area contributed by atoms with Gasteiger partial charge in [0.25, 0.3) is 5.82 Å². The number of aliphatic carboxylic acids is 2. The lowest BCUT2D eigenvalue weighted by molar-refractivity contribution is -0.662. The number of aryl methyl sites for hydroxylation is 1. The maximum Gasteiger partial charge on any atom is 0.346 e. The highest BCUT2D eigenvalue weighted by Gasteiger charge is 2.25. The Morgan fingerprint density at radius 2 is 1.62 bits per heavy atom. The molecule has 2 aromatic carbocycles. The summed E-state index contributed by atoms with van der Waals surface area (Å²) in [5, 5.41) is 23.5. The molecule has 0 atom stereocenters. The first kappa shape index (κ1) is 28.7. The van der Waals surface area contributed by atoms with E-state index in [4.69, 9.17) is 46.4 Å². The van der Waals surface area contributed by atoms with Gasteiger partial charge in [0, 0.05) is 31.0 Å². The van der Waals surface area contributed by atoms with Crippen LogP contribution in [-0.4, -0.2) is 39.8 Å². The highest BCUT2D eigenvalue weighted by molar-refractivity contribution is 6.43. The molecular formula is C25H25Cl4N4O4+. The number of imidazole rings is 1. The summed E-state index contributed by atoms with van der Waals surface area (Å²) in [5.41, 5.74) is 2.53. The molecule has 3 aromatic rings. The summed E-state index contributed by atoms with van der Waals surface area (Å²) in [6.07, 6.45) is 6.69. The minimum absolute atomic E-state index is 0.286. The van der Waals surface area contributed by atoms with Crippen molar-refractivity contribution in [2.24, 2.45) is 0 Å². The molecule has 196 valence electrons. The number of hydrogen-bond donors (Lipinski definition) is 3. The van der Waals surface area contributed by atoms with Crippen LogP contribution in [0.2, 0.25) is 20.1 Å². The summed E-state index contributed by atoms with van der Waals surface area (Å²) in [7, 11) is 0. The maximum atomic E-state index is 11.6. The molecule has 0 aliphatic rings. The Kier molecular flexibility index (Phi) is 9.73. The second kappa shape index (κ2) is 12.6. The molecule has 0 spiro atoms. The molecule has 0 saturated carbocycles. The van der Waals surface area contributed by atoms with Crippen LogP contribution in [0.15, 0.2) is 42.6 Å². The molecule has 0 amide bonds. The lowest BCUT2D eigenvalue weighted by atomic mass is 10.2. The van der Waals surface area contributed by atoms with Crippen LogP contribution in [0.25, 0.3) is 17.1 Å². The van der Waals surface area contributed by atoms with Gasteiger partial charge in [-0.15, -0.1) is 0 Å². The largest absolute Gasteiger partial charge is 0.480 e. The Morgan fingerprint density at radius 3 is 2.24 bits per heavy atom. The van der Waals surface area contributed by atoms with E-state index in [0.29, 0.717) is 50.9 Å². The van der Waals surface area contributed by atoms with E-state index in [1.165, 1.54) is 4.90 Å². The Labute approximate surface area is 233 Å². The molecule has 0 aliphatic heterocycles. The zero-order valence-corrected chi connectivity index (χ0v) is 23.0. The number of aromatic nitrogens is 2. The number of fused-ring (bicyclic) bond motifs is 1. The molecular weight excluding hydrogens is 562 g/mol. The van der Waals surface area contributed by atoms with E-state index in [1.54, 1.807) is 53.3 Å². The van der Waals surface area contributed by atoms with Gasteiger partial charge in [-0.2, -0.15) is 0 Å². The SMILES string of the molecule is CCNc1cc(Cl)c(Cl)cc1N(/C=C/C=Cc1n(CC)c2cc(Cl)c(Cl)cc2[n+]1CC(=O)O)CC(=O)O. The van der Waals surface area contributed by atoms with Crippen LogP contribution >= 0.6 is 46.4 Å². The van der Waals surface area contributed by atoms with Crippen molar-refractivity contribution in [3.05, 3.63) is 68.5 Å². The fourth-order valence-electron chi connectivity index (χ4n) is 3.93. The number of nitrogens with one attached hydrogen (secondary N) is 1. The van der Waals surface area contributed by atoms with Gasteiger partial charge in [0.2, 0.25) is 0 Å². The van der Waals surface area contributed by atoms with E-state index in [0.717, 1.165) is 5.52 Å². The van der Waals surface area contributed by atoms with Crippen molar-refractivity contribution in [3.63, 3.8) is 0 Å². The summed E-state index contributed by atoms with van der Waals surface area (Å²) in [5.74, 6) is -1.45. The predicted molar refractivity (Wildman–Crippen MR) is 149 cm³/mol. The van der Waals surface area contributed by atoms with Crippen LogP contribution in [0.4, 0.5) is 11.4 Å². The number of carboxylic acid groups (broad SMARTS) is 2. The Bertz CT molecular complexity index is 1400. The summed E-state index contributed by atoms with van der Waals surface area (Å²) in [4.78, 5) is 24.7. The highest BCUT2D eigenvalue weighted by atomic mass is 35.5. The molecule has 12 heteroatoms. The second-order valence-electron chi connectivity index (χ2n) is 7.87. The molecule has 0 unspecified atom stereocenters. The third kappa shape index (κ3) is 6.70. The molecule has 3 N–H and O–H groups in total. The van der Waals surface area contributed by atoms with Crippen molar-refractivity contribution >= 4 is 86.8 Å². The highest BCUT2D eigenvalue weighted by Crippen LogP contribution is 2.35. The lowest BCUT2D eigenvalue weighted by Crippen LogP contribution is -2.40. The average Bonchev–Trinajstić information content (AvgIpc) is 3.09. The van der Waals surface area contributed by atoms with Crippen LogP contribution in [0.1, 0.15) is 19.7 Å². The number of carboxylic acids is 2. The smallest absolute Gasteiger partial charge is 0.346 e. The van der Waals surface area contributed by atoms with Gasteiger partial charge in [-0.1, -0.05) is 52.5 Å². The van der Waals surface area contributed by atoms with Crippen molar-refractivity contribution in [1.29, 1.82) is 0 Å². The number of rotatable bonds is 11. The van der Waals surface area contributed by atoms with Crippen LogP contribution in [0, 0.1) is 0 Å². The van der Waals surface area contributed by atoms with Gasteiger partial charge in [-0.05, 0) is 32.1 Å². The predicted octanol–water partition coefficient (Wildman–Crippen LogP) is 6.20. The molecule has 0 bridgehead atoms. The van der Waals surface area contributed by atoms with Gasteiger partial charge in [0.05, 0.1) is 38.0 Å². The van der Waals surface area contributed by atoms with Gasteiger partial charge < -0.3 is 20.4 Å². The number of benzene rings is 2. The van der Waals surface area contributed by atoms with Gasteiger partial charge in [-0.3, -0.25) is 4.79 Å². The van der Waals surface area contributed by atoms with Crippen molar-refractivity contribution in [1.82, 2.24) is 4.57 Å². The molecule has 1 aromatic heterocycles. The Morgan fingerprint density at radius 1 is 0.973 bits per heavy atom. The fraction of sp³-hybridized carbons (Fsp3) is 0.240. The number of carbonyl (C=O) groups is 2. The molecule has 0 radical (unpaired) electrons. The lowest BCUT2D eigenvalue weighted by Gasteiger charge is -2.22. The number of halogens is 4. The number of allylic oxidation sites excluding steroid dienone is 2. The van der Waals surface area contributed by atoms with Crippen LogP contribution in [-0.2, 0) is 22.7 Å². The second-order valence-corrected chi connectivity index (χ2v) is 9.50. The van der Waals surface area contributed by atoms with Crippen LogP contribution in [0.3, 0.4) is 0 Å². The van der Waals surface area contributed by atoms with Crippen molar-refractivity contribution in [3.8, 4) is 0 Å². The Balaban J connectivity index is 2.06. The molecule has 1 heterocycles. The fourth-order valence-corrected chi connectivity index (χ4v) is 4.57. The Hall–Kier alpha value is -2.91. The van der Waals surface area contributed by atoms with Crippen molar-refractivity contribution in [2.75, 3.05) is 23.3 Å². The van der Waals surface area contributed by atoms with Crippen molar-refractivity contribution in [2.45, 2.75) is 26.9 Å². The molecule has 0 aliphatic carbocycles. The zero-order chi connectivity index (χ0) is 27.3. The number of hydrogen-bond acceptors (Lipinski definition) is 4. The standard InChI is InChI=1S/C25H24Cl4N4O4/c1-3-30-19-9-15(26)16(27)10-20(19)31(13-24(34)35)8-6-5-7-23-32(4-2)21-11-17(28)18(29)12-22(21)33(23)14-25(36)37/h5-12,30H,3-4,13-14H2,1-2H3,(H-,34,35,36,37)/p+1. The summed E-state index contributed by atoms with van der Waals surface area (Å²) in [6.45, 7) is 4.37. The summed E-state index contributed by atoms with van der Waals surface area (Å²) < 4.78 is 3.55. The topological polar surface area (TPSA) is 98.7 Å². The van der Waals surface area contributed by atoms with E-state index in [2.05, 4.69) is 5.32 Å². The molecule has 0 saturated heterocycles. The monoisotopic (exact) mass is 585 g/mol. The first-order valence-corrected chi connectivity index (χ1v) is 12.8. The minimum atomic E-state index is -1.04. The first-order chi connectivity index (χ1) is 17.6. The van der Waals surface area contributed by atoms with Crippen LogP contribution in [0.5, 0.6) is 0 Å². The van der Waals surface area contributed by atoms with Gasteiger partial charge in [0.15, 0.2) is 17.6 Å². The number of anilines is 2. The quantitative estimate of drug-likeness (QED) is 0.183. The molecule has 0 fully saturated rings.